The molecule has 0 saturated carbocycles. The van der Waals surface area contributed by atoms with Crippen LogP contribution in [-0.4, -0.2) is 11.5 Å². The number of rotatable bonds is 4. The van der Waals surface area contributed by atoms with Gasteiger partial charge in [0, 0.05) is 11.6 Å². The predicted octanol–water partition coefficient (Wildman–Crippen LogP) is 1.82. The summed E-state index contributed by atoms with van der Waals surface area (Å²) in [6, 6.07) is 0.320. The second-order valence-electron chi connectivity index (χ2n) is 2.42. The molecular formula is C9H12N2S. The Balaban J connectivity index is 2.52. The van der Waals surface area contributed by atoms with E-state index in [4.69, 9.17) is 6.42 Å². The molecule has 12 heavy (non-hydrogen) atoms. The van der Waals surface area contributed by atoms with E-state index in [0.717, 1.165) is 11.4 Å². The lowest BCUT2D eigenvalue weighted by Gasteiger charge is -2.11. The van der Waals surface area contributed by atoms with Gasteiger partial charge in [0.15, 0.2) is 0 Å². The largest absolute Gasteiger partial charge is 0.297 e. The van der Waals surface area contributed by atoms with Crippen LogP contribution in [0.3, 0.4) is 0 Å². The minimum Gasteiger partial charge on any atom is -0.297 e. The molecule has 64 valence electrons. The van der Waals surface area contributed by atoms with Gasteiger partial charge < -0.3 is 0 Å². The summed E-state index contributed by atoms with van der Waals surface area (Å²) in [5, 5.41) is 6.33. The molecule has 0 radical (unpaired) electrons. The van der Waals surface area contributed by atoms with Crippen LogP contribution in [0.2, 0.25) is 0 Å². The highest BCUT2D eigenvalue weighted by molar-refractivity contribution is 7.09. The molecule has 1 aromatic rings. The molecule has 0 aliphatic rings. The fourth-order valence-electron chi connectivity index (χ4n) is 0.995. The van der Waals surface area contributed by atoms with E-state index in [1.54, 1.807) is 11.3 Å². The summed E-state index contributed by atoms with van der Waals surface area (Å²) in [5.74, 6) is 2.56. The average Bonchev–Trinajstić information content (AvgIpc) is 2.59. The Hall–Kier alpha value is -0.850. The van der Waals surface area contributed by atoms with Crippen molar-refractivity contribution < 1.29 is 0 Å². The van der Waals surface area contributed by atoms with Gasteiger partial charge in [0.05, 0.1) is 12.6 Å². The molecule has 0 amide bonds. The monoisotopic (exact) mass is 180 g/mol. The summed E-state index contributed by atoms with van der Waals surface area (Å²) in [5.41, 5.74) is 0. The molecular weight excluding hydrogens is 168 g/mol. The first-order chi connectivity index (χ1) is 5.88. The van der Waals surface area contributed by atoms with E-state index < -0.39 is 0 Å². The number of aromatic nitrogens is 1. The maximum Gasteiger partial charge on any atom is 0.109 e. The smallest absolute Gasteiger partial charge is 0.109 e. The van der Waals surface area contributed by atoms with Crippen molar-refractivity contribution in [3.8, 4) is 12.3 Å². The van der Waals surface area contributed by atoms with Crippen LogP contribution < -0.4 is 5.32 Å². The molecule has 1 N–H and O–H groups in total. The van der Waals surface area contributed by atoms with Crippen LogP contribution in [0.1, 0.15) is 24.4 Å². The van der Waals surface area contributed by atoms with Crippen molar-refractivity contribution in [2.45, 2.75) is 19.4 Å². The van der Waals surface area contributed by atoms with Gasteiger partial charge in [-0.15, -0.1) is 17.8 Å². The Morgan fingerprint density at radius 2 is 2.67 bits per heavy atom. The highest BCUT2D eigenvalue weighted by atomic mass is 32.1. The molecule has 0 saturated heterocycles. The van der Waals surface area contributed by atoms with Gasteiger partial charge in [-0.2, -0.15) is 0 Å². The fraction of sp³-hybridized carbons (Fsp3) is 0.444. The third-order valence-corrected chi connectivity index (χ3v) is 2.50. The Morgan fingerprint density at radius 3 is 3.17 bits per heavy atom. The third-order valence-electron chi connectivity index (χ3n) is 1.61. The summed E-state index contributed by atoms with van der Waals surface area (Å²) in [6.45, 7) is 2.73. The number of hydrogen-bond acceptors (Lipinski definition) is 3. The zero-order valence-electron chi connectivity index (χ0n) is 7.08. The van der Waals surface area contributed by atoms with Crippen LogP contribution in [0.25, 0.3) is 0 Å². The van der Waals surface area contributed by atoms with Gasteiger partial charge in [-0.3, -0.25) is 5.32 Å². The zero-order valence-corrected chi connectivity index (χ0v) is 7.90. The minimum absolute atomic E-state index is 0.320. The second kappa shape index (κ2) is 4.91. The van der Waals surface area contributed by atoms with Crippen LogP contribution in [0.4, 0.5) is 0 Å². The SMILES string of the molecule is C#CCNC(CC)c1nccs1. The number of nitrogens with zero attached hydrogens (tertiary/aromatic N) is 1. The van der Waals surface area contributed by atoms with E-state index in [1.807, 2.05) is 11.6 Å². The highest BCUT2D eigenvalue weighted by Gasteiger charge is 2.09. The van der Waals surface area contributed by atoms with E-state index in [1.165, 1.54) is 0 Å². The van der Waals surface area contributed by atoms with Crippen LogP contribution in [0.15, 0.2) is 11.6 Å². The average molecular weight is 180 g/mol. The number of nitrogens with one attached hydrogen (secondary N) is 1. The topological polar surface area (TPSA) is 24.9 Å². The third kappa shape index (κ3) is 2.33. The van der Waals surface area contributed by atoms with Crippen LogP contribution in [-0.2, 0) is 0 Å². The predicted molar refractivity (Wildman–Crippen MR) is 52.0 cm³/mol. The molecule has 1 heterocycles. The van der Waals surface area contributed by atoms with Crippen molar-refractivity contribution in [3.63, 3.8) is 0 Å². The molecule has 1 aromatic heterocycles. The molecule has 0 aromatic carbocycles. The lowest BCUT2D eigenvalue weighted by molar-refractivity contribution is 0.552. The van der Waals surface area contributed by atoms with Crippen LogP contribution in [0.5, 0.6) is 0 Å². The first kappa shape index (κ1) is 9.24. The summed E-state index contributed by atoms with van der Waals surface area (Å²) < 4.78 is 0. The zero-order chi connectivity index (χ0) is 8.81. The van der Waals surface area contributed by atoms with Gasteiger partial charge in [0.25, 0.3) is 0 Å². The van der Waals surface area contributed by atoms with Crippen molar-refractivity contribution in [2.75, 3.05) is 6.54 Å². The minimum atomic E-state index is 0.320. The van der Waals surface area contributed by atoms with Gasteiger partial charge in [0.2, 0.25) is 0 Å². The maximum absolute atomic E-state index is 5.16. The van der Waals surface area contributed by atoms with Crippen LogP contribution in [0, 0.1) is 12.3 Å². The van der Waals surface area contributed by atoms with Crippen molar-refractivity contribution in [2.24, 2.45) is 0 Å². The van der Waals surface area contributed by atoms with Gasteiger partial charge in [-0.1, -0.05) is 12.8 Å². The summed E-state index contributed by atoms with van der Waals surface area (Å²) in [4.78, 5) is 4.23. The number of hydrogen-bond donors (Lipinski definition) is 1. The second-order valence-corrected chi connectivity index (χ2v) is 3.34. The highest BCUT2D eigenvalue weighted by Crippen LogP contribution is 2.17. The van der Waals surface area contributed by atoms with Gasteiger partial charge in [0.1, 0.15) is 5.01 Å². The quantitative estimate of drug-likeness (QED) is 0.715. The van der Waals surface area contributed by atoms with Crippen molar-refractivity contribution in [1.29, 1.82) is 0 Å². The van der Waals surface area contributed by atoms with E-state index in [-0.39, 0.29) is 0 Å². The van der Waals surface area contributed by atoms with E-state index in [2.05, 4.69) is 23.1 Å². The number of thiazole rings is 1. The van der Waals surface area contributed by atoms with E-state index in [0.29, 0.717) is 12.6 Å². The number of terminal acetylenes is 1. The molecule has 0 spiro atoms. The van der Waals surface area contributed by atoms with Gasteiger partial charge in [-0.25, -0.2) is 4.98 Å². The molecule has 1 rings (SSSR count). The first-order valence-corrected chi connectivity index (χ1v) is 4.82. The fourth-order valence-corrected chi connectivity index (χ4v) is 1.79. The molecule has 2 nitrogen and oxygen atoms in total. The van der Waals surface area contributed by atoms with E-state index in [9.17, 15) is 0 Å². The Labute approximate surface area is 77.0 Å². The summed E-state index contributed by atoms with van der Waals surface area (Å²) in [6.07, 6.45) is 8.00. The van der Waals surface area contributed by atoms with Gasteiger partial charge in [-0.05, 0) is 6.42 Å². The first-order valence-electron chi connectivity index (χ1n) is 3.94. The Morgan fingerprint density at radius 1 is 1.83 bits per heavy atom. The standard InChI is InChI=1S/C9H12N2S/c1-3-5-10-8(4-2)9-11-6-7-12-9/h1,6-8,10H,4-5H2,2H3. The Bertz CT molecular complexity index is 248. The molecule has 0 bridgehead atoms. The Kier molecular flexibility index (Phi) is 3.78. The van der Waals surface area contributed by atoms with Crippen molar-refractivity contribution >= 4 is 11.3 Å². The molecule has 0 aliphatic heterocycles. The summed E-state index contributed by atoms with van der Waals surface area (Å²) >= 11 is 1.66. The molecule has 0 fully saturated rings. The molecule has 3 heteroatoms. The lowest BCUT2D eigenvalue weighted by atomic mass is 10.2. The molecule has 1 atom stereocenters. The maximum atomic E-state index is 5.16. The van der Waals surface area contributed by atoms with Gasteiger partial charge >= 0.3 is 0 Å². The van der Waals surface area contributed by atoms with Crippen molar-refractivity contribution in [1.82, 2.24) is 10.3 Å². The van der Waals surface area contributed by atoms with E-state index >= 15 is 0 Å². The molecule has 0 aliphatic carbocycles. The lowest BCUT2D eigenvalue weighted by Crippen LogP contribution is -2.20. The van der Waals surface area contributed by atoms with Crippen LogP contribution >= 0.6 is 11.3 Å². The molecule has 1 unspecified atom stereocenters. The van der Waals surface area contributed by atoms with Crippen molar-refractivity contribution in [3.05, 3.63) is 16.6 Å². The normalized spacial score (nSPS) is 12.3. The summed E-state index contributed by atoms with van der Waals surface area (Å²) in [7, 11) is 0.